The Morgan fingerprint density at radius 1 is 1.45 bits per heavy atom. The van der Waals surface area contributed by atoms with Crippen LogP contribution in [0, 0.1) is 0 Å². The topological polar surface area (TPSA) is 71.8 Å². The Labute approximate surface area is 116 Å². The molecule has 0 aliphatic carbocycles. The molecule has 1 saturated heterocycles. The molecule has 7 heteroatoms. The fourth-order valence-corrected chi connectivity index (χ4v) is 4.32. The van der Waals surface area contributed by atoms with E-state index in [4.69, 9.17) is 0 Å². The minimum atomic E-state index is -3.00. The molecule has 6 nitrogen and oxygen atoms in total. The lowest BCUT2D eigenvalue weighted by atomic mass is 10.2. The van der Waals surface area contributed by atoms with Gasteiger partial charge in [-0.05, 0) is 18.6 Å². The molecule has 0 aromatic carbocycles. The van der Waals surface area contributed by atoms with E-state index in [1.54, 1.807) is 36.0 Å². The summed E-state index contributed by atoms with van der Waals surface area (Å²) < 4.78 is 24.8. The Bertz CT molecular complexity index is 766. The molecule has 1 aliphatic heterocycles. The third-order valence-electron chi connectivity index (χ3n) is 3.72. The lowest BCUT2D eigenvalue weighted by Crippen LogP contribution is -2.38. The average molecular weight is 293 g/mol. The second-order valence-corrected chi connectivity index (χ2v) is 7.27. The van der Waals surface area contributed by atoms with Crippen molar-refractivity contribution in [2.24, 2.45) is 0 Å². The third-order valence-corrected chi connectivity index (χ3v) is 5.47. The normalized spacial score (nSPS) is 21.1. The van der Waals surface area contributed by atoms with Crippen LogP contribution in [0.3, 0.4) is 0 Å². The summed E-state index contributed by atoms with van der Waals surface area (Å²) in [6, 6.07) is 5.06. The molecule has 1 unspecified atom stereocenters. The third kappa shape index (κ3) is 2.18. The van der Waals surface area contributed by atoms with E-state index < -0.39 is 9.84 Å². The summed E-state index contributed by atoms with van der Waals surface area (Å²) in [4.78, 5) is 18.2. The van der Waals surface area contributed by atoms with Gasteiger partial charge in [-0.3, -0.25) is 9.20 Å². The SMILES string of the molecule is CN(C(=O)c1cccc2nccn12)C1CCS(=O)(=O)C1. The van der Waals surface area contributed by atoms with Crippen LogP contribution in [0.4, 0.5) is 0 Å². The van der Waals surface area contributed by atoms with E-state index in [2.05, 4.69) is 4.98 Å². The van der Waals surface area contributed by atoms with E-state index in [1.165, 1.54) is 4.90 Å². The Balaban J connectivity index is 1.91. The number of pyridine rings is 1. The second kappa shape index (κ2) is 4.59. The Morgan fingerprint density at radius 3 is 2.95 bits per heavy atom. The molecule has 0 N–H and O–H groups in total. The maximum atomic E-state index is 12.5. The standard InChI is InChI=1S/C13H15N3O3S/c1-15(10-5-8-20(18,19)9-10)13(17)11-3-2-4-12-14-6-7-16(11)12/h2-4,6-7,10H,5,8-9H2,1H3. The van der Waals surface area contributed by atoms with Gasteiger partial charge in [0, 0.05) is 25.5 Å². The summed E-state index contributed by atoms with van der Waals surface area (Å²) in [7, 11) is -1.34. The number of rotatable bonds is 2. The number of sulfone groups is 1. The van der Waals surface area contributed by atoms with Crippen LogP contribution in [0.15, 0.2) is 30.6 Å². The highest BCUT2D eigenvalue weighted by Crippen LogP contribution is 2.19. The molecule has 1 atom stereocenters. The summed E-state index contributed by atoms with van der Waals surface area (Å²) in [5, 5.41) is 0. The summed E-state index contributed by atoms with van der Waals surface area (Å²) >= 11 is 0. The van der Waals surface area contributed by atoms with Gasteiger partial charge in [-0.1, -0.05) is 6.07 Å². The summed E-state index contributed by atoms with van der Waals surface area (Å²) in [6.07, 6.45) is 3.86. The van der Waals surface area contributed by atoms with Crippen molar-refractivity contribution in [3.05, 3.63) is 36.3 Å². The van der Waals surface area contributed by atoms with Crippen LogP contribution in [0.1, 0.15) is 16.9 Å². The summed E-state index contributed by atoms with van der Waals surface area (Å²) in [5.74, 6) is 0.0235. The van der Waals surface area contributed by atoms with E-state index in [9.17, 15) is 13.2 Å². The predicted molar refractivity (Wildman–Crippen MR) is 74.3 cm³/mol. The first-order valence-corrected chi connectivity index (χ1v) is 8.20. The van der Waals surface area contributed by atoms with Crippen molar-refractivity contribution < 1.29 is 13.2 Å². The molecular weight excluding hydrogens is 278 g/mol. The summed E-state index contributed by atoms with van der Waals surface area (Å²) in [6.45, 7) is 0. The first kappa shape index (κ1) is 13.1. The number of nitrogens with zero attached hydrogens (tertiary/aromatic N) is 3. The molecule has 20 heavy (non-hydrogen) atoms. The molecule has 2 aromatic heterocycles. The molecule has 0 saturated carbocycles. The Morgan fingerprint density at radius 2 is 2.25 bits per heavy atom. The fraction of sp³-hybridized carbons (Fsp3) is 0.385. The highest BCUT2D eigenvalue weighted by molar-refractivity contribution is 7.91. The van der Waals surface area contributed by atoms with E-state index in [0.717, 1.165) is 0 Å². The highest BCUT2D eigenvalue weighted by Gasteiger charge is 2.33. The number of aromatic nitrogens is 2. The van der Waals surface area contributed by atoms with E-state index in [-0.39, 0.29) is 23.5 Å². The number of amides is 1. The molecule has 2 aromatic rings. The van der Waals surface area contributed by atoms with Crippen molar-refractivity contribution >= 4 is 21.4 Å². The molecule has 1 amide bonds. The van der Waals surface area contributed by atoms with E-state index >= 15 is 0 Å². The van der Waals surface area contributed by atoms with Crippen LogP contribution in [0.2, 0.25) is 0 Å². The number of hydrogen-bond acceptors (Lipinski definition) is 4. The lowest BCUT2D eigenvalue weighted by Gasteiger charge is -2.23. The van der Waals surface area contributed by atoms with Gasteiger partial charge < -0.3 is 4.90 Å². The first-order chi connectivity index (χ1) is 9.48. The largest absolute Gasteiger partial charge is 0.336 e. The molecule has 1 aliphatic rings. The minimum Gasteiger partial charge on any atom is -0.336 e. The smallest absolute Gasteiger partial charge is 0.270 e. The van der Waals surface area contributed by atoms with Crippen LogP contribution >= 0.6 is 0 Å². The molecule has 1 fully saturated rings. The van der Waals surface area contributed by atoms with Gasteiger partial charge in [0.05, 0.1) is 11.5 Å². The second-order valence-electron chi connectivity index (χ2n) is 5.04. The van der Waals surface area contributed by atoms with E-state index in [1.807, 2.05) is 6.07 Å². The van der Waals surface area contributed by atoms with Gasteiger partial charge in [0.2, 0.25) is 0 Å². The van der Waals surface area contributed by atoms with Gasteiger partial charge in [-0.25, -0.2) is 13.4 Å². The quantitative estimate of drug-likeness (QED) is 0.812. The number of carbonyl (C=O) groups excluding carboxylic acids is 1. The molecular formula is C13H15N3O3S. The van der Waals surface area contributed by atoms with Crippen molar-refractivity contribution in [2.75, 3.05) is 18.6 Å². The fourth-order valence-electron chi connectivity index (χ4n) is 2.55. The Hall–Kier alpha value is -1.89. The van der Waals surface area contributed by atoms with E-state index in [0.29, 0.717) is 17.8 Å². The number of carbonyl (C=O) groups is 1. The van der Waals surface area contributed by atoms with Gasteiger partial charge >= 0.3 is 0 Å². The lowest BCUT2D eigenvalue weighted by molar-refractivity contribution is 0.0740. The van der Waals surface area contributed by atoms with Crippen LogP contribution in [-0.2, 0) is 9.84 Å². The van der Waals surface area contributed by atoms with Crippen LogP contribution in [-0.4, -0.2) is 53.2 Å². The molecule has 3 heterocycles. The highest BCUT2D eigenvalue weighted by atomic mass is 32.2. The molecule has 3 rings (SSSR count). The molecule has 0 bridgehead atoms. The van der Waals surface area contributed by atoms with Crippen LogP contribution < -0.4 is 0 Å². The maximum Gasteiger partial charge on any atom is 0.270 e. The van der Waals surface area contributed by atoms with Crippen molar-refractivity contribution in [2.45, 2.75) is 12.5 Å². The molecule has 0 spiro atoms. The van der Waals surface area contributed by atoms with Crippen molar-refractivity contribution in [1.82, 2.24) is 14.3 Å². The number of hydrogen-bond donors (Lipinski definition) is 0. The van der Waals surface area contributed by atoms with Gasteiger partial charge in [0.25, 0.3) is 5.91 Å². The Kier molecular flexibility index (Phi) is 3.01. The zero-order valence-corrected chi connectivity index (χ0v) is 11.9. The predicted octanol–water partition coefficient (Wildman–Crippen LogP) is 0.593. The first-order valence-electron chi connectivity index (χ1n) is 6.37. The zero-order valence-electron chi connectivity index (χ0n) is 11.1. The van der Waals surface area contributed by atoms with Crippen molar-refractivity contribution in [3.63, 3.8) is 0 Å². The van der Waals surface area contributed by atoms with Crippen LogP contribution in [0.25, 0.3) is 5.65 Å². The van der Waals surface area contributed by atoms with Gasteiger partial charge in [-0.2, -0.15) is 0 Å². The van der Waals surface area contributed by atoms with Crippen molar-refractivity contribution in [1.29, 1.82) is 0 Å². The van der Waals surface area contributed by atoms with Crippen LogP contribution in [0.5, 0.6) is 0 Å². The number of imidazole rings is 1. The van der Waals surface area contributed by atoms with Crippen molar-refractivity contribution in [3.8, 4) is 0 Å². The molecule has 0 radical (unpaired) electrons. The monoisotopic (exact) mass is 293 g/mol. The summed E-state index contributed by atoms with van der Waals surface area (Å²) in [5.41, 5.74) is 1.19. The van der Waals surface area contributed by atoms with Gasteiger partial charge in [0.1, 0.15) is 11.3 Å². The zero-order chi connectivity index (χ0) is 14.3. The number of fused-ring (bicyclic) bond motifs is 1. The van der Waals surface area contributed by atoms with Gasteiger partial charge in [-0.15, -0.1) is 0 Å². The average Bonchev–Trinajstić information content (AvgIpc) is 3.02. The molecule has 106 valence electrons. The maximum absolute atomic E-state index is 12.5. The van der Waals surface area contributed by atoms with Gasteiger partial charge in [0.15, 0.2) is 9.84 Å². The minimum absolute atomic E-state index is 0.0507.